The van der Waals surface area contributed by atoms with Crippen LogP contribution >= 0.6 is 0 Å². The van der Waals surface area contributed by atoms with Gasteiger partial charge in [0.25, 0.3) is 0 Å². The van der Waals surface area contributed by atoms with Crippen molar-refractivity contribution >= 4 is 65.4 Å². The van der Waals surface area contributed by atoms with Crippen LogP contribution in [0.25, 0.3) is 65.4 Å². The van der Waals surface area contributed by atoms with E-state index in [0.29, 0.717) is 0 Å². The molecule has 0 bridgehead atoms. The lowest BCUT2D eigenvalue weighted by Crippen LogP contribution is -1.86. The van der Waals surface area contributed by atoms with Crippen LogP contribution < -0.4 is 0 Å². The quantitative estimate of drug-likeness (QED) is 0.241. The molecule has 0 amide bonds. The van der Waals surface area contributed by atoms with E-state index in [2.05, 4.69) is 86.6 Å². The van der Waals surface area contributed by atoms with Crippen LogP contribution in [0.1, 0.15) is 43.7 Å². The largest absolute Gasteiger partial charge is 0.456 e. The highest BCUT2D eigenvalue weighted by molar-refractivity contribution is 6.18. The zero-order valence-electron chi connectivity index (χ0n) is 20.3. The summed E-state index contributed by atoms with van der Waals surface area (Å²) in [4.78, 5) is 0. The molecule has 0 atom stereocenters. The molecule has 7 rings (SSSR count). The van der Waals surface area contributed by atoms with E-state index < -0.39 is 0 Å². The van der Waals surface area contributed by atoms with Crippen molar-refractivity contribution in [2.75, 3.05) is 0 Å². The van der Waals surface area contributed by atoms with E-state index in [9.17, 15) is 0 Å². The Bertz CT molecular complexity index is 1900. The van der Waals surface area contributed by atoms with Gasteiger partial charge >= 0.3 is 0 Å². The fourth-order valence-electron chi connectivity index (χ4n) is 5.61. The maximum absolute atomic E-state index is 6.40. The van der Waals surface area contributed by atoms with Crippen molar-refractivity contribution in [1.29, 1.82) is 0 Å². The number of hydrogen-bond donors (Lipinski definition) is 0. The third-order valence-corrected chi connectivity index (χ3v) is 7.52. The second-order valence-electron chi connectivity index (χ2n) is 10.1. The first kappa shape index (κ1) is 20.6. The number of fused-ring (bicyclic) bond motifs is 8. The van der Waals surface area contributed by atoms with Gasteiger partial charge in [0.05, 0.1) is 0 Å². The van der Waals surface area contributed by atoms with Gasteiger partial charge in [-0.15, -0.1) is 0 Å². The van der Waals surface area contributed by atoms with E-state index in [-0.39, 0.29) is 0 Å². The average Bonchev–Trinajstić information content (AvgIpc) is 3.38. The van der Waals surface area contributed by atoms with Crippen LogP contribution in [0.15, 0.2) is 81.6 Å². The third-order valence-electron chi connectivity index (χ3n) is 7.52. The molecule has 0 aliphatic rings. The van der Waals surface area contributed by atoms with Gasteiger partial charge in [-0.1, -0.05) is 68.1 Å². The zero-order valence-corrected chi connectivity index (χ0v) is 20.3. The van der Waals surface area contributed by atoms with Crippen LogP contribution in [0.2, 0.25) is 0 Å². The van der Waals surface area contributed by atoms with Crippen LogP contribution in [-0.4, -0.2) is 0 Å². The highest BCUT2D eigenvalue weighted by Crippen LogP contribution is 2.39. The lowest BCUT2D eigenvalue weighted by molar-refractivity contribution is 0.664. The van der Waals surface area contributed by atoms with Gasteiger partial charge in [-0.05, 0) is 83.3 Å². The monoisotopic (exact) mass is 456 g/mol. The highest BCUT2D eigenvalue weighted by Gasteiger charge is 2.15. The SMILES string of the molecule is CCCCCCc1ccc2cc3c(cc2c1)oc1cc2c(cc13)oc1cc3cc(C)ccc3cc12. The molecule has 0 spiro atoms. The van der Waals surface area contributed by atoms with Gasteiger partial charge in [-0.2, -0.15) is 0 Å². The fraction of sp³-hybridized carbons (Fsp3) is 0.212. The van der Waals surface area contributed by atoms with Crippen LogP contribution in [0.4, 0.5) is 0 Å². The van der Waals surface area contributed by atoms with Gasteiger partial charge in [-0.3, -0.25) is 0 Å². The molecule has 2 aromatic heterocycles. The first-order valence-corrected chi connectivity index (χ1v) is 12.8. The summed E-state index contributed by atoms with van der Waals surface area (Å²) in [6.45, 7) is 4.39. The molecule has 2 nitrogen and oxygen atoms in total. The Hall–Kier alpha value is -3.78. The smallest absolute Gasteiger partial charge is 0.136 e. The Morgan fingerprint density at radius 3 is 1.74 bits per heavy atom. The first-order chi connectivity index (χ1) is 17.2. The summed E-state index contributed by atoms with van der Waals surface area (Å²) in [5.74, 6) is 0. The predicted molar refractivity (Wildman–Crippen MR) is 149 cm³/mol. The van der Waals surface area contributed by atoms with E-state index >= 15 is 0 Å². The van der Waals surface area contributed by atoms with E-state index in [4.69, 9.17) is 8.83 Å². The predicted octanol–water partition coefficient (Wildman–Crippen LogP) is 10.2. The Kier molecular flexibility index (Phi) is 4.63. The summed E-state index contributed by atoms with van der Waals surface area (Å²) in [6.07, 6.45) is 6.31. The summed E-state index contributed by atoms with van der Waals surface area (Å²) in [5.41, 5.74) is 6.35. The highest BCUT2D eigenvalue weighted by atomic mass is 16.3. The minimum atomic E-state index is 0.907. The summed E-state index contributed by atoms with van der Waals surface area (Å²) >= 11 is 0. The Balaban J connectivity index is 1.37. The molecule has 0 radical (unpaired) electrons. The van der Waals surface area contributed by atoms with Gasteiger partial charge in [-0.25, -0.2) is 0 Å². The van der Waals surface area contributed by atoms with E-state index in [0.717, 1.165) is 50.3 Å². The number of furan rings is 2. The maximum atomic E-state index is 6.40. The molecule has 0 N–H and O–H groups in total. The molecule has 0 aliphatic carbocycles. The Labute approximate surface area is 204 Å². The molecule has 2 heteroatoms. The van der Waals surface area contributed by atoms with E-state index in [1.54, 1.807) is 0 Å². The van der Waals surface area contributed by atoms with Crippen molar-refractivity contribution in [1.82, 2.24) is 0 Å². The van der Waals surface area contributed by atoms with Gasteiger partial charge in [0, 0.05) is 21.5 Å². The normalized spacial score (nSPS) is 12.3. The van der Waals surface area contributed by atoms with Crippen LogP contribution in [0.5, 0.6) is 0 Å². The molecule has 0 saturated carbocycles. The fourth-order valence-corrected chi connectivity index (χ4v) is 5.61. The van der Waals surface area contributed by atoms with Crippen LogP contribution in [0.3, 0.4) is 0 Å². The molecule has 172 valence electrons. The van der Waals surface area contributed by atoms with Crippen LogP contribution in [-0.2, 0) is 6.42 Å². The minimum Gasteiger partial charge on any atom is -0.456 e. The van der Waals surface area contributed by atoms with E-state index in [1.165, 1.54) is 58.4 Å². The lowest BCUT2D eigenvalue weighted by atomic mass is 10.00. The average molecular weight is 457 g/mol. The first-order valence-electron chi connectivity index (χ1n) is 12.8. The topological polar surface area (TPSA) is 26.3 Å². The molecular weight excluding hydrogens is 428 g/mol. The van der Waals surface area contributed by atoms with Gasteiger partial charge < -0.3 is 8.83 Å². The number of aryl methyl sites for hydroxylation is 2. The summed E-state index contributed by atoms with van der Waals surface area (Å²) < 4.78 is 12.7. The van der Waals surface area contributed by atoms with Gasteiger partial charge in [0.2, 0.25) is 0 Å². The zero-order chi connectivity index (χ0) is 23.5. The molecule has 7 aromatic rings. The molecule has 35 heavy (non-hydrogen) atoms. The minimum absolute atomic E-state index is 0.907. The standard InChI is InChI=1S/C33H28O2/c1-3-4-5-6-7-21-9-11-23-15-27-29-19-32-28(18-33(29)35-31(27)17-25(23)13-21)26-14-22-10-8-20(2)12-24(22)16-30(26)34-32/h8-19H,3-7H2,1-2H3. The van der Waals surface area contributed by atoms with Crippen molar-refractivity contribution < 1.29 is 8.83 Å². The summed E-state index contributed by atoms with van der Waals surface area (Å²) in [7, 11) is 0. The van der Waals surface area contributed by atoms with Crippen molar-refractivity contribution in [3.05, 3.63) is 83.9 Å². The molecule has 0 unspecified atom stereocenters. The van der Waals surface area contributed by atoms with Crippen molar-refractivity contribution in [3.8, 4) is 0 Å². The lowest BCUT2D eigenvalue weighted by Gasteiger charge is -2.04. The molecule has 0 fully saturated rings. The number of benzene rings is 5. The molecule has 2 heterocycles. The number of rotatable bonds is 5. The molecule has 0 saturated heterocycles. The van der Waals surface area contributed by atoms with Gasteiger partial charge in [0.1, 0.15) is 22.3 Å². The second-order valence-corrected chi connectivity index (χ2v) is 10.1. The maximum Gasteiger partial charge on any atom is 0.136 e. The third kappa shape index (κ3) is 3.39. The van der Waals surface area contributed by atoms with Crippen molar-refractivity contribution in [2.24, 2.45) is 0 Å². The number of hydrogen-bond acceptors (Lipinski definition) is 2. The van der Waals surface area contributed by atoms with E-state index in [1.807, 2.05) is 0 Å². The molecule has 5 aromatic carbocycles. The van der Waals surface area contributed by atoms with Crippen molar-refractivity contribution in [2.45, 2.75) is 46.0 Å². The molecular formula is C33H28O2. The van der Waals surface area contributed by atoms with Gasteiger partial charge in [0.15, 0.2) is 0 Å². The Morgan fingerprint density at radius 2 is 1.09 bits per heavy atom. The molecule has 0 aliphatic heterocycles. The second kappa shape index (κ2) is 7.88. The Morgan fingerprint density at radius 1 is 0.514 bits per heavy atom. The summed E-state index contributed by atoms with van der Waals surface area (Å²) in [5, 5.41) is 9.44. The number of unbranched alkanes of at least 4 members (excludes halogenated alkanes) is 3. The van der Waals surface area contributed by atoms with Crippen molar-refractivity contribution in [3.63, 3.8) is 0 Å². The van der Waals surface area contributed by atoms with Crippen LogP contribution in [0, 0.1) is 6.92 Å². The summed E-state index contributed by atoms with van der Waals surface area (Å²) in [6, 6.07) is 26.6.